The minimum Gasteiger partial charge on any atom is -0.438 e. The van der Waals surface area contributed by atoms with Crippen molar-refractivity contribution < 1.29 is 4.74 Å². The molecule has 0 aliphatic rings. The van der Waals surface area contributed by atoms with Gasteiger partial charge in [-0.25, -0.2) is 4.98 Å². The highest BCUT2D eigenvalue weighted by Gasteiger charge is 2.14. The Balaban J connectivity index is 2.51. The lowest BCUT2D eigenvalue weighted by molar-refractivity contribution is 0.454. The minimum absolute atomic E-state index is 0.273. The molecule has 0 saturated heterocycles. The van der Waals surface area contributed by atoms with E-state index in [1.165, 1.54) is 0 Å². The molecule has 0 aliphatic heterocycles. The van der Waals surface area contributed by atoms with E-state index in [2.05, 4.69) is 4.98 Å². The lowest BCUT2D eigenvalue weighted by Crippen LogP contribution is -2.13. The number of halogens is 1. The number of pyridine rings is 1. The van der Waals surface area contributed by atoms with Crippen LogP contribution in [0.3, 0.4) is 0 Å². The van der Waals surface area contributed by atoms with Gasteiger partial charge < -0.3 is 10.5 Å². The molecule has 0 unspecified atom stereocenters. The quantitative estimate of drug-likeness (QED) is 0.868. The maximum atomic E-state index is 6.02. The molecule has 1 heterocycles. The van der Waals surface area contributed by atoms with Gasteiger partial charge in [-0.1, -0.05) is 23.8 Å². The smallest absolute Gasteiger partial charge is 0.229 e. The van der Waals surface area contributed by atoms with Crippen molar-refractivity contribution in [1.82, 2.24) is 4.98 Å². The molecule has 0 atom stereocenters. The van der Waals surface area contributed by atoms with E-state index in [0.717, 1.165) is 22.4 Å². The molecule has 2 N–H and O–H groups in total. The van der Waals surface area contributed by atoms with Gasteiger partial charge in [0, 0.05) is 11.2 Å². The van der Waals surface area contributed by atoms with Crippen LogP contribution >= 0.6 is 23.8 Å². The van der Waals surface area contributed by atoms with Crippen LogP contribution in [0.5, 0.6) is 11.6 Å². The van der Waals surface area contributed by atoms with Gasteiger partial charge in [-0.2, -0.15) is 0 Å². The summed E-state index contributed by atoms with van der Waals surface area (Å²) in [5.41, 5.74) is 9.23. The fourth-order valence-electron chi connectivity index (χ4n) is 2.07. The third kappa shape index (κ3) is 2.92. The SMILES string of the molecule is Cc1cc(Cl)cc(C)c1Oc1nccc(C)c1C(N)=S. The molecular formula is C15H15ClN2OS. The van der Waals surface area contributed by atoms with E-state index in [-0.39, 0.29) is 4.99 Å². The van der Waals surface area contributed by atoms with E-state index in [0.29, 0.717) is 16.5 Å². The molecule has 0 saturated carbocycles. The summed E-state index contributed by atoms with van der Waals surface area (Å²) < 4.78 is 5.93. The van der Waals surface area contributed by atoms with E-state index < -0.39 is 0 Å². The molecule has 3 nitrogen and oxygen atoms in total. The van der Waals surface area contributed by atoms with E-state index in [9.17, 15) is 0 Å². The number of nitrogens with zero attached hydrogens (tertiary/aromatic N) is 1. The van der Waals surface area contributed by atoms with Gasteiger partial charge >= 0.3 is 0 Å². The number of hydrogen-bond donors (Lipinski definition) is 1. The highest BCUT2D eigenvalue weighted by atomic mass is 35.5. The predicted molar refractivity (Wildman–Crippen MR) is 85.9 cm³/mol. The zero-order valence-electron chi connectivity index (χ0n) is 11.5. The molecule has 2 aromatic rings. The molecule has 0 aliphatic carbocycles. The Kier molecular flexibility index (Phi) is 4.26. The lowest BCUT2D eigenvalue weighted by Gasteiger charge is -2.15. The van der Waals surface area contributed by atoms with Crippen molar-refractivity contribution in [3.05, 3.63) is 51.7 Å². The van der Waals surface area contributed by atoms with Crippen molar-refractivity contribution in [3.8, 4) is 11.6 Å². The molecule has 5 heteroatoms. The Hall–Kier alpha value is -1.65. The first-order chi connectivity index (χ1) is 9.40. The Bertz CT molecular complexity index is 663. The van der Waals surface area contributed by atoms with Crippen molar-refractivity contribution in [3.63, 3.8) is 0 Å². The summed E-state index contributed by atoms with van der Waals surface area (Å²) in [6.45, 7) is 5.79. The van der Waals surface area contributed by atoms with Gasteiger partial charge in [0.1, 0.15) is 10.7 Å². The van der Waals surface area contributed by atoms with Gasteiger partial charge in [0.05, 0.1) is 5.56 Å². The maximum Gasteiger partial charge on any atom is 0.229 e. The van der Waals surface area contributed by atoms with E-state index >= 15 is 0 Å². The molecule has 1 aromatic carbocycles. The third-order valence-corrected chi connectivity index (χ3v) is 3.42. The Morgan fingerprint density at radius 3 is 2.35 bits per heavy atom. The first-order valence-corrected chi connectivity index (χ1v) is 6.88. The number of aryl methyl sites for hydroxylation is 3. The summed E-state index contributed by atoms with van der Waals surface area (Å²) in [6.07, 6.45) is 1.67. The number of aromatic nitrogens is 1. The summed E-state index contributed by atoms with van der Waals surface area (Å²) >= 11 is 11.1. The highest BCUT2D eigenvalue weighted by Crippen LogP contribution is 2.32. The zero-order chi connectivity index (χ0) is 14.9. The van der Waals surface area contributed by atoms with Crippen molar-refractivity contribution in [1.29, 1.82) is 0 Å². The summed E-state index contributed by atoms with van der Waals surface area (Å²) in [6, 6.07) is 5.54. The van der Waals surface area contributed by atoms with Gasteiger partial charge in [0.2, 0.25) is 5.88 Å². The largest absolute Gasteiger partial charge is 0.438 e. The Morgan fingerprint density at radius 2 is 1.80 bits per heavy atom. The predicted octanol–water partition coefficient (Wildman–Crippen LogP) is 4.09. The van der Waals surface area contributed by atoms with Gasteiger partial charge in [-0.15, -0.1) is 0 Å². The topological polar surface area (TPSA) is 48.1 Å². The molecule has 20 heavy (non-hydrogen) atoms. The van der Waals surface area contributed by atoms with Gasteiger partial charge in [-0.3, -0.25) is 0 Å². The van der Waals surface area contributed by atoms with Crippen LogP contribution in [0.4, 0.5) is 0 Å². The van der Waals surface area contributed by atoms with E-state index in [4.69, 9.17) is 34.3 Å². The van der Waals surface area contributed by atoms with Gasteiger partial charge in [0.25, 0.3) is 0 Å². The average molecular weight is 307 g/mol. The molecule has 0 bridgehead atoms. The fraction of sp³-hybridized carbons (Fsp3) is 0.200. The summed E-state index contributed by atoms with van der Waals surface area (Å²) in [5, 5.41) is 0.680. The van der Waals surface area contributed by atoms with Crippen molar-refractivity contribution in [2.45, 2.75) is 20.8 Å². The fourth-order valence-corrected chi connectivity index (χ4v) is 2.64. The molecule has 2 rings (SSSR count). The standard InChI is InChI=1S/C15H15ClN2OS/c1-8-4-5-18-15(12(8)14(17)20)19-13-9(2)6-11(16)7-10(13)3/h4-7H,1-3H3,(H2,17,20). The summed E-state index contributed by atoms with van der Waals surface area (Å²) in [5.74, 6) is 1.15. The normalized spacial score (nSPS) is 10.4. The van der Waals surface area contributed by atoms with Crippen molar-refractivity contribution in [2.75, 3.05) is 0 Å². The van der Waals surface area contributed by atoms with Crippen LogP contribution in [0, 0.1) is 20.8 Å². The molecule has 1 aromatic heterocycles. The molecule has 104 valence electrons. The van der Waals surface area contributed by atoms with Crippen LogP contribution in [0.2, 0.25) is 5.02 Å². The van der Waals surface area contributed by atoms with E-state index in [1.807, 2.05) is 39.0 Å². The third-order valence-electron chi connectivity index (χ3n) is 2.99. The molecule has 0 amide bonds. The van der Waals surface area contributed by atoms with Crippen LogP contribution in [0.15, 0.2) is 24.4 Å². The molecule has 0 spiro atoms. The molecular weight excluding hydrogens is 292 g/mol. The number of nitrogens with two attached hydrogens (primary N) is 1. The average Bonchev–Trinajstić information content (AvgIpc) is 2.33. The Morgan fingerprint density at radius 1 is 1.20 bits per heavy atom. The monoisotopic (exact) mass is 306 g/mol. The second-order valence-electron chi connectivity index (χ2n) is 4.64. The second kappa shape index (κ2) is 5.77. The second-order valence-corrected chi connectivity index (χ2v) is 5.52. The number of rotatable bonds is 3. The number of benzene rings is 1. The first kappa shape index (κ1) is 14.8. The Labute approximate surface area is 128 Å². The van der Waals surface area contributed by atoms with Crippen LogP contribution < -0.4 is 10.5 Å². The molecule has 0 radical (unpaired) electrons. The maximum absolute atomic E-state index is 6.02. The summed E-state index contributed by atoms with van der Waals surface area (Å²) in [7, 11) is 0. The summed E-state index contributed by atoms with van der Waals surface area (Å²) in [4.78, 5) is 4.51. The lowest BCUT2D eigenvalue weighted by atomic mass is 10.1. The van der Waals surface area contributed by atoms with Crippen LogP contribution in [-0.2, 0) is 0 Å². The number of hydrogen-bond acceptors (Lipinski definition) is 3. The number of ether oxygens (including phenoxy) is 1. The van der Waals surface area contributed by atoms with E-state index in [1.54, 1.807) is 6.20 Å². The first-order valence-electron chi connectivity index (χ1n) is 6.10. The van der Waals surface area contributed by atoms with Gasteiger partial charge in [0.15, 0.2) is 0 Å². The number of thiocarbonyl (C=S) groups is 1. The van der Waals surface area contributed by atoms with Crippen molar-refractivity contribution in [2.24, 2.45) is 5.73 Å². The minimum atomic E-state index is 0.273. The van der Waals surface area contributed by atoms with Crippen LogP contribution in [0.1, 0.15) is 22.3 Å². The van der Waals surface area contributed by atoms with Gasteiger partial charge in [-0.05, 0) is 55.7 Å². The highest BCUT2D eigenvalue weighted by molar-refractivity contribution is 7.80. The van der Waals surface area contributed by atoms with Crippen LogP contribution in [-0.4, -0.2) is 9.97 Å². The van der Waals surface area contributed by atoms with Crippen molar-refractivity contribution >= 4 is 28.8 Å². The molecule has 0 fully saturated rings. The van der Waals surface area contributed by atoms with Crippen LogP contribution in [0.25, 0.3) is 0 Å². The zero-order valence-corrected chi connectivity index (χ0v) is 13.1.